The van der Waals surface area contributed by atoms with Crippen LogP contribution in [0.4, 0.5) is 5.13 Å². The third-order valence-corrected chi connectivity index (χ3v) is 4.12. The van der Waals surface area contributed by atoms with Gasteiger partial charge in [-0.05, 0) is 0 Å². The zero-order chi connectivity index (χ0) is 15.0. The minimum atomic E-state index is -1.92. The molecule has 0 unspecified atom stereocenters. The molecule has 1 rings (SSSR count). The second kappa shape index (κ2) is 8.86. The highest BCUT2D eigenvalue weighted by Crippen LogP contribution is 2.21. The van der Waals surface area contributed by atoms with Gasteiger partial charge in [0.15, 0.2) is 5.96 Å². The van der Waals surface area contributed by atoms with Crippen LogP contribution in [0.2, 0.25) is 0 Å². The van der Waals surface area contributed by atoms with Crippen molar-refractivity contribution in [3.05, 3.63) is 11.1 Å². The van der Waals surface area contributed by atoms with Crippen LogP contribution in [-0.4, -0.2) is 26.7 Å². The van der Waals surface area contributed by atoms with Gasteiger partial charge in [0, 0.05) is 23.3 Å². The molecule has 0 fully saturated rings. The topological polar surface area (TPSA) is 168 Å². The highest BCUT2D eigenvalue weighted by atomic mass is 32.2. The van der Waals surface area contributed by atoms with Gasteiger partial charge in [0.05, 0.1) is 5.69 Å². The summed E-state index contributed by atoms with van der Waals surface area (Å²) < 4.78 is 18.3. The van der Waals surface area contributed by atoms with E-state index in [4.69, 9.17) is 17.2 Å². The van der Waals surface area contributed by atoms with Crippen molar-refractivity contribution >= 4 is 51.3 Å². The first-order valence-corrected chi connectivity index (χ1v) is 8.31. The fraction of sp³-hybridized carbons (Fsp3) is 0.375. The number of hydrogen-bond donors (Lipinski definition) is 4. The van der Waals surface area contributed by atoms with Crippen LogP contribution in [0.1, 0.15) is 12.1 Å². The number of guanidine groups is 1. The van der Waals surface area contributed by atoms with Crippen LogP contribution in [0.3, 0.4) is 0 Å². The molecule has 1 atom stereocenters. The maximum absolute atomic E-state index is 10.8. The molecule has 1 aromatic heterocycles. The minimum Gasteiger partial charge on any atom is -0.386 e. The summed E-state index contributed by atoms with van der Waals surface area (Å²) in [6, 6.07) is 0. The van der Waals surface area contributed by atoms with Gasteiger partial charge in [0.1, 0.15) is 5.84 Å². The largest absolute Gasteiger partial charge is 0.386 e. The highest BCUT2D eigenvalue weighted by molar-refractivity contribution is 7.98. The maximum atomic E-state index is 10.8. The first kappa shape index (κ1) is 16.8. The number of rotatable bonds is 8. The summed E-state index contributed by atoms with van der Waals surface area (Å²) in [5.41, 5.74) is 16.9. The lowest BCUT2D eigenvalue weighted by Crippen LogP contribution is -2.21. The van der Waals surface area contributed by atoms with Crippen LogP contribution >= 0.6 is 23.1 Å². The standard InChI is InChI=1S/C8H15N7O2S3/c9-6(15-20(16)17-12)1-2-18-3-5-4-19-8(13-5)14-7(10)11/h4H,1-3,12H2,(H2,9,15)(H4,10,11,13,14)/t20-/m1/s1. The van der Waals surface area contributed by atoms with Crippen molar-refractivity contribution in [3.63, 3.8) is 0 Å². The molecule has 8 N–H and O–H groups in total. The third kappa shape index (κ3) is 6.81. The number of amidine groups is 1. The third-order valence-electron chi connectivity index (χ3n) is 1.79. The molecule has 0 saturated carbocycles. The van der Waals surface area contributed by atoms with Crippen molar-refractivity contribution in [2.45, 2.75) is 12.2 Å². The Kier molecular flexibility index (Phi) is 7.46. The second-order valence-electron chi connectivity index (χ2n) is 3.36. The van der Waals surface area contributed by atoms with Gasteiger partial charge in [0.25, 0.3) is 0 Å². The fourth-order valence-electron chi connectivity index (χ4n) is 1.04. The number of thiazole rings is 1. The quantitative estimate of drug-likeness (QED) is 0.213. The average Bonchev–Trinajstić information content (AvgIpc) is 2.81. The maximum Gasteiger partial charge on any atom is 0.303 e. The Labute approximate surface area is 126 Å². The van der Waals surface area contributed by atoms with Gasteiger partial charge in [0.2, 0.25) is 5.13 Å². The van der Waals surface area contributed by atoms with E-state index in [9.17, 15) is 4.21 Å². The predicted octanol–water partition coefficient (Wildman–Crippen LogP) is -0.502. The Morgan fingerprint density at radius 2 is 2.25 bits per heavy atom. The van der Waals surface area contributed by atoms with E-state index in [0.29, 0.717) is 23.1 Å². The molecule has 0 saturated heterocycles. The van der Waals surface area contributed by atoms with Gasteiger partial charge in [-0.25, -0.2) is 9.19 Å². The molecule has 0 aromatic carbocycles. The average molecular weight is 337 g/mol. The van der Waals surface area contributed by atoms with E-state index in [-0.39, 0.29) is 11.8 Å². The van der Waals surface area contributed by atoms with Gasteiger partial charge >= 0.3 is 11.3 Å². The summed E-state index contributed by atoms with van der Waals surface area (Å²) in [4.78, 5) is 8.08. The van der Waals surface area contributed by atoms with E-state index >= 15 is 0 Å². The number of aromatic nitrogens is 1. The molecule has 112 valence electrons. The first-order chi connectivity index (χ1) is 9.51. The second-order valence-corrected chi connectivity index (χ2v) is 6.11. The normalized spacial score (nSPS) is 13.2. The zero-order valence-corrected chi connectivity index (χ0v) is 12.8. The number of nitrogens with zero attached hydrogens (tertiary/aromatic N) is 3. The molecule has 20 heavy (non-hydrogen) atoms. The molecule has 0 aliphatic carbocycles. The number of aliphatic imine (C=N–C) groups is 1. The molecule has 1 heterocycles. The molecule has 9 nitrogen and oxygen atoms in total. The molecule has 0 amide bonds. The van der Waals surface area contributed by atoms with Crippen molar-refractivity contribution in [2.75, 3.05) is 5.75 Å². The predicted molar refractivity (Wildman–Crippen MR) is 83.4 cm³/mol. The van der Waals surface area contributed by atoms with E-state index < -0.39 is 11.3 Å². The lowest BCUT2D eigenvalue weighted by molar-refractivity contribution is 0.368. The molecular weight excluding hydrogens is 322 g/mol. The van der Waals surface area contributed by atoms with Crippen LogP contribution in [0.25, 0.3) is 0 Å². The van der Waals surface area contributed by atoms with Gasteiger partial charge in [-0.15, -0.1) is 15.7 Å². The molecule has 0 spiro atoms. The Hall–Kier alpha value is -1.21. The Morgan fingerprint density at radius 3 is 2.90 bits per heavy atom. The Bertz CT molecular complexity index is 512. The van der Waals surface area contributed by atoms with Gasteiger partial charge in [-0.3, -0.25) is 0 Å². The molecule has 0 aliphatic heterocycles. The lowest BCUT2D eigenvalue weighted by Gasteiger charge is -1.99. The van der Waals surface area contributed by atoms with E-state index in [1.54, 1.807) is 11.8 Å². The Morgan fingerprint density at radius 1 is 1.50 bits per heavy atom. The monoisotopic (exact) mass is 337 g/mol. The van der Waals surface area contributed by atoms with E-state index in [1.807, 2.05) is 5.38 Å². The van der Waals surface area contributed by atoms with Crippen molar-refractivity contribution in [2.24, 2.45) is 32.5 Å². The molecule has 12 heteroatoms. The van der Waals surface area contributed by atoms with Crippen LogP contribution in [-0.2, 0) is 21.3 Å². The van der Waals surface area contributed by atoms with E-state index in [0.717, 1.165) is 5.69 Å². The fourth-order valence-corrected chi connectivity index (χ4v) is 3.03. The lowest BCUT2D eigenvalue weighted by atomic mass is 10.5. The molecular formula is C8H15N7O2S3. The summed E-state index contributed by atoms with van der Waals surface area (Å²) in [5.74, 6) is 6.29. The molecule has 1 aromatic rings. The smallest absolute Gasteiger partial charge is 0.303 e. The SMILES string of the molecule is NO[S@@](=O)N=C(N)CCSCc1csc(N=C(N)N)n1. The Balaban J connectivity index is 2.31. The minimum absolute atomic E-state index is 0.0161. The van der Waals surface area contributed by atoms with Gasteiger partial charge in [-0.1, -0.05) is 0 Å². The van der Waals surface area contributed by atoms with Crippen LogP contribution in [0, 0.1) is 0 Å². The van der Waals surface area contributed by atoms with E-state index in [2.05, 4.69) is 24.6 Å². The molecule has 0 aliphatic rings. The van der Waals surface area contributed by atoms with Crippen molar-refractivity contribution < 1.29 is 8.49 Å². The van der Waals surface area contributed by atoms with Crippen LogP contribution in [0.5, 0.6) is 0 Å². The summed E-state index contributed by atoms with van der Waals surface area (Å²) in [5, 5.41) is 2.40. The number of nitrogens with two attached hydrogens (primary N) is 4. The summed E-state index contributed by atoms with van der Waals surface area (Å²) >= 11 is 1.05. The van der Waals surface area contributed by atoms with Gasteiger partial charge < -0.3 is 17.2 Å². The van der Waals surface area contributed by atoms with E-state index in [1.165, 1.54) is 11.3 Å². The number of hydrogen-bond acceptors (Lipinski definition) is 7. The van der Waals surface area contributed by atoms with Crippen molar-refractivity contribution in [1.82, 2.24) is 4.98 Å². The summed E-state index contributed by atoms with van der Waals surface area (Å²) in [6.45, 7) is 0. The van der Waals surface area contributed by atoms with Gasteiger partial charge in [-0.2, -0.15) is 26.9 Å². The van der Waals surface area contributed by atoms with Crippen LogP contribution in [0.15, 0.2) is 14.8 Å². The number of thioether (sulfide) groups is 1. The summed E-state index contributed by atoms with van der Waals surface area (Å²) in [6.07, 6.45) is 0.477. The van der Waals surface area contributed by atoms with Crippen molar-refractivity contribution in [1.29, 1.82) is 0 Å². The zero-order valence-electron chi connectivity index (χ0n) is 10.4. The molecule has 0 bridgehead atoms. The highest BCUT2D eigenvalue weighted by Gasteiger charge is 2.03. The first-order valence-electron chi connectivity index (χ1n) is 5.25. The molecule has 0 radical (unpaired) electrons. The van der Waals surface area contributed by atoms with Crippen molar-refractivity contribution in [3.8, 4) is 0 Å². The summed E-state index contributed by atoms with van der Waals surface area (Å²) in [7, 11) is 0. The van der Waals surface area contributed by atoms with Crippen LogP contribution < -0.4 is 23.1 Å².